The maximum atomic E-state index is 11.1. The van der Waals surface area contributed by atoms with Crippen LogP contribution in [-0.2, 0) is 4.79 Å². The van der Waals surface area contributed by atoms with Gasteiger partial charge in [-0.25, -0.2) is 14.7 Å². The predicted octanol–water partition coefficient (Wildman–Crippen LogP) is 3.76. The molecule has 1 saturated carbocycles. The maximum Gasteiger partial charge on any atom is 0.490 e. The highest BCUT2D eigenvalue weighted by Crippen LogP contribution is 2.35. The van der Waals surface area contributed by atoms with E-state index in [-0.39, 0.29) is 17.7 Å². The Morgan fingerprint density at radius 3 is 2.21 bits per heavy atom. The van der Waals surface area contributed by atoms with E-state index in [4.69, 9.17) is 19.7 Å². The Morgan fingerprint density at radius 1 is 1.06 bits per heavy atom. The molecule has 0 aliphatic heterocycles. The fourth-order valence-corrected chi connectivity index (χ4v) is 3.87. The van der Waals surface area contributed by atoms with Gasteiger partial charge in [-0.1, -0.05) is 45.9 Å². The summed E-state index contributed by atoms with van der Waals surface area (Å²) in [6, 6.07) is 8.49. The number of hydrogen-bond acceptors (Lipinski definition) is 8. The predicted molar refractivity (Wildman–Crippen MR) is 108 cm³/mol. The van der Waals surface area contributed by atoms with Gasteiger partial charge in [0.1, 0.15) is 16.6 Å². The van der Waals surface area contributed by atoms with Gasteiger partial charge in [0.2, 0.25) is 5.69 Å². The third kappa shape index (κ3) is 6.47. The summed E-state index contributed by atoms with van der Waals surface area (Å²) in [6.07, 6.45) is -1.43. The summed E-state index contributed by atoms with van der Waals surface area (Å²) in [6.45, 7) is 0. The molecule has 0 amide bonds. The summed E-state index contributed by atoms with van der Waals surface area (Å²) in [5, 5.41) is 34.7. The summed E-state index contributed by atoms with van der Waals surface area (Å²) >= 11 is 1.53. The Hall–Kier alpha value is -3.55. The number of benzene rings is 1. The van der Waals surface area contributed by atoms with Crippen LogP contribution in [0.25, 0.3) is 10.6 Å². The van der Waals surface area contributed by atoms with E-state index in [1.807, 2.05) is 0 Å². The fourth-order valence-electron chi connectivity index (χ4n) is 3.31. The molecule has 1 aromatic carbocycles. The molecule has 176 valence electrons. The monoisotopic (exact) mass is 485 g/mol. The van der Waals surface area contributed by atoms with Gasteiger partial charge in [-0.15, -0.1) is 10.2 Å². The summed E-state index contributed by atoms with van der Waals surface area (Å²) in [4.78, 5) is 20.0. The Kier molecular flexibility index (Phi) is 7.58. The molecule has 2 heterocycles. The highest BCUT2D eigenvalue weighted by atomic mass is 32.1. The highest BCUT2D eigenvalue weighted by molar-refractivity contribution is 7.12. The zero-order valence-corrected chi connectivity index (χ0v) is 17.6. The third-order valence-electron chi connectivity index (χ3n) is 4.91. The molecule has 0 atom stereocenters. The second-order valence-corrected chi connectivity index (χ2v) is 7.89. The first kappa shape index (κ1) is 24.1. The molecule has 3 aromatic rings. The van der Waals surface area contributed by atoms with Crippen molar-refractivity contribution in [3.8, 4) is 16.5 Å². The third-order valence-corrected chi connectivity index (χ3v) is 5.65. The zero-order chi connectivity index (χ0) is 24.0. The molecule has 1 fully saturated rings. The number of carboxylic acid groups (broad SMARTS) is 2. The van der Waals surface area contributed by atoms with Gasteiger partial charge in [0.25, 0.3) is 5.88 Å². The molecular formula is C19H18F3N5O5S. The lowest BCUT2D eigenvalue weighted by Crippen LogP contribution is -2.24. The molecule has 14 heteroatoms. The number of carbonyl (C=O) groups is 2. The lowest BCUT2D eigenvalue weighted by Gasteiger charge is -2.28. The van der Waals surface area contributed by atoms with Crippen LogP contribution in [0.3, 0.4) is 0 Å². The van der Waals surface area contributed by atoms with Gasteiger partial charge in [-0.05, 0) is 37.2 Å². The fraction of sp³-hybridized carbons (Fsp3) is 0.368. The van der Waals surface area contributed by atoms with Crippen LogP contribution in [0.15, 0.2) is 29.8 Å². The number of rotatable bonds is 5. The molecule has 10 nitrogen and oxygen atoms in total. The molecule has 0 radical (unpaired) electrons. The number of aromatic carboxylic acids is 1. The molecule has 0 saturated heterocycles. The van der Waals surface area contributed by atoms with Crippen LogP contribution in [0.4, 0.5) is 13.2 Å². The van der Waals surface area contributed by atoms with Crippen LogP contribution in [0, 0.1) is 0 Å². The van der Waals surface area contributed by atoms with Gasteiger partial charge in [0, 0.05) is 5.56 Å². The molecule has 2 aromatic heterocycles. The summed E-state index contributed by atoms with van der Waals surface area (Å²) in [5.41, 5.74) is 4.03. The van der Waals surface area contributed by atoms with Crippen molar-refractivity contribution in [2.24, 2.45) is 0 Å². The molecule has 1 aliphatic rings. The number of nitrogens with zero attached hydrogens (tertiary/aromatic N) is 4. The van der Waals surface area contributed by atoms with E-state index < -0.39 is 18.1 Å². The second kappa shape index (κ2) is 10.4. The minimum atomic E-state index is -5.08. The Bertz CT molecular complexity index is 1060. The summed E-state index contributed by atoms with van der Waals surface area (Å²) in [7, 11) is 0. The summed E-state index contributed by atoms with van der Waals surface area (Å²) < 4.78 is 37.5. The van der Waals surface area contributed by atoms with Crippen molar-refractivity contribution in [1.82, 2.24) is 25.6 Å². The lowest BCUT2D eigenvalue weighted by molar-refractivity contribution is -0.192. The number of ether oxygens (including phenoxy) is 1. The van der Waals surface area contributed by atoms with Gasteiger partial charge < -0.3 is 14.9 Å². The van der Waals surface area contributed by atoms with Crippen molar-refractivity contribution in [1.29, 1.82) is 0 Å². The largest absolute Gasteiger partial charge is 0.490 e. The molecule has 4 rings (SSSR count). The van der Waals surface area contributed by atoms with Crippen molar-refractivity contribution in [3.05, 3.63) is 41.0 Å². The van der Waals surface area contributed by atoms with Gasteiger partial charge in [0.15, 0.2) is 0 Å². The number of aromatic nitrogens is 5. The number of hydrogen-bond donors (Lipinski definition) is 3. The van der Waals surface area contributed by atoms with Crippen LogP contribution in [-0.4, -0.2) is 60.0 Å². The average Bonchev–Trinajstić information content (AvgIpc) is 3.47. The van der Waals surface area contributed by atoms with Gasteiger partial charge in [-0.3, -0.25) is 0 Å². The first-order valence-corrected chi connectivity index (χ1v) is 10.5. The van der Waals surface area contributed by atoms with Gasteiger partial charge >= 0.3 is 18.1 Å². The Balaban J connectivity index is 0.000000383. The minimum Gasteiger partial charge on any atom is -0.476 e. The first-order valence-electron chi connectivity index (χ1n) is 9.62. The van der Waals surface area contributed by atoms with Crippen molar-refractivity contribution in [2.75, 3.05) is 0 Å². The molecule has 3 N–H and O–H groups in total. The van der Waals surface area contributed by atoms with Crippen LogP contribution < -0.4 is 4.74 Å². The number of halogens is 3. The number of aromatic amines is 1. The molecule has 0 bridgehead atoms. The standard InChI is InChI=1S/C17H17N5O3S.C2HF3O2/c23-17(24)14-15(20-22-19-14)25-13-7-5-11(6-8-13)10-1-3-12(4-2-10)16-21-18-9-26-16;3-2(4,5)1(6)7/h1-4,9,11,13H,5-8H2,(H,23,24)(H,19,20,22);(H,6,7). The molecule has 0 unspecified atom stereocenters. The minimum absolute atomic E-state index is 0.0323. The number of alkyl halides is 3. The van der Waals surface area contributed by atoms with Crippen molar-refractivity contribution in [3.63, 3.8) is 0 Å². The maximum absolute atomic E-state index is 11.1. The van der Waals surface area contributed by atoms with Crippen molar-refractivity contribution in [2.45, 2.75) is 43.9 Å². The van der Waals surface area contributed by atoms with Crippen molar-refractivity contribution >= 4 is 23.3 Å². The van der Waals surface area contributed by atoms with Crippen LogP contribution in [0.5, 0.6) is 5.88 Å². The van der Waals surface area contributed by atoms with E-state index in [1.54, 1.807) is 5.51 Å². The Morgan fingerprint density at radius 2 is 1.70 bits per heavy atom. The SMILES string of the molecule is O=C(O)C(F)(F)F.O=C(O)c1[nH]nnc1OC1CCC(c2ccc(-c3nncs3)cc2)CC1. The number of carboxylic acids is 2. The molecule has 0 spiro atoms. The molecular weight excluding hydrogens is 467 g/mol. The first-order chi connectivity index (χ1) is 15.6. The molecule has 33 heavy (non-hydrogen) atoms. The van der Waals surface area contributed by atoms with E-state index in [1.165, 1.54) is 16.9 Å². The van der Waals surface area contributed by atoms with E-state index in [0.29, 0.717) is 5.92 Å². The second-order valence-electron chi connectivity index (χ2n) is 7.06. The quantitative estimate of drug-likeness (QED) is 0.490. The lowest BCUT2D eigenvalue weighted by atomic mass is 9.82. The van der Waals surface area contributed by atoms with E-state index in [9.17, 15) is 18.0 Å². The normalized spacial score (nSPS) is 18.2. The number of aliphatic carboxylic acids is 1. The van der Waals surface area contributed by atoms with E-state index >= 15 is 0 Å². The van der Waals surface area contributed by atoms with Gasteiger partial charge in [0.05, 0.1) is 0 Å². The number of H-pyrrole nitrogens is 1. The van der Waals surface area contributed by atoms with Crippen LogP contribution in [0.1, 0.15) is 47.7 Å². The average molecular weight is 485 g/mol. The van der Waals surface area contributed by atoms with Crippen LogP contribution in [0.2, 0.25) is 0 Å². The smallest absolute Gasteiger partial charge is 0.476 e. The van der Waals surface area contributed by atoms with E-state index in [0.717, 1.165) is 36.3 Å². The molecule has 1 aliphatic carbocycles. The summed E-state index contributed by atoms with van der Waals surface area (Å²) in [5.74, 6) is -3.32. The zero-order valence-electron chi connectivity index (χ0n) is 16.8. The number of nitrogens with one attached hydrogen (secondary N) is 1. The van der Waals surface area contributed by atoms with Gasteiger partial charge in [-0.2, -0.15) is 13.2 Å². The highest BCUT2D eigenvalue weighted by Gasteiger charge is 2.38. The van der Waals surface area contributed by atoms with E-state index in [2.05, 4.69) is 49.9 Å². The van der Waals surface area contributed by atoms with Crippen molar-refractivity contribution < 1.29 is 37.7 Å². The van der Waals surface area contributed by atoms with Crippen LogP contribution >= 0.6 is 11.3 Å². The topological polar surface area (TPSA) is 151 Å². The Labute approximate surface area is 188 Å².